The normalized spacial score (nSPS) is 10.5. The highest BCUT2D eigenvalue weighted by Crippen LogP contribution is 2.33. The van der Waals surface area contributed by atoms with E-state index in [0.29, 0.717) is 5.75 Å². The number of nitrogens with one attached hydrogen (secondary N) is 1. The molecule has 0 fully saturated rings. The van der Waals surface area contributed by atoms with Gasteiger partial charge >= 0.3 is 0 Å². The summed E-state index contributed by atoms with van der Waals surface area (Å²) in [6.45, 7) is 1.90. The molecule has 0 radical (unpaired) electrons. The second-order valence-corrected chi connectivity index (χ2v) is 8.35. The number of benzene rings is 2. The SMILES string of the molecule is Cc1nnc(SCC(=O)Nc2ccccc2Sc2ccccc2)s1. The number of aryl methyl sites for hydroxylation is 1. The van der Waals surface area contributed by atoms with Gasteiger partial charge in [0.1, 0.15) is 5.01 Å². The predicted molar refractivity (Wildman–Crippen MR) is 101 cm³/mol. The molecular formula is C17H15N3OS3. The Labute approximate surface area is 153 Å². The molecule has 1 aromatic heterocycles. The lowest BCUT2D eigenvalue weighted by Gasteiger charge is -2.10. The Kier molecular flexibility index (Phi) is 5.90. The van der Waals surface area contributed by atoms with Crippen LogP contribution in [0.4, 0.5) is 5.69 Å². The van der Waals surface area contributed by atoms with Crippen LogP contribution in [0.15, 0.2) is 68.7 Å². The zero-order chi connectivity index (χ0) is 16.8. The van der Waals surface area contributed by atoms with Crippen molar-refractivity contribution in [3.05, 3.63) is 59.6 Å². The minimum Gasteiger partial charge on any atom is -0.324 e. The zero-order valence-electron chi connectivity index (χ0n) is 12.9. The van der Waals surface area contributed by atoms with E-state index in [1.54, 1.807) is 11.8 Å². The lowest BCUT2D eigenvalue weighted by Crippen LogP contribution is -2.14. The van der Waals surface area contributed by atoms with E-state index in [9.17, 15) is 4.79 Å². The molecule has 0 spiro atoms. The average Bonchev–Trinajstić information content (AvgIpc) is 3.01. The number of thioether (sulfide) groups is 1. The van der Waals surface area contributed by atoms with E-state index in [2.05, 4.69) is 27.6 Å². The molecule has 1 N–H and O–H groups in total. The summed E-state index contributed by atoms with van der Waals surface area (Å²) in [5.74, 6) is 0.271. The van der Waals surface area contributed by atoms with Crippen molar-refractivity contribution in [1.29, 1.82) is 0 Å². The topological polar surface area (TPSA) is 54.9 Å². The Balaban J connectivity index is 1.63. The summed E-state index contributed by atoms with van der Waals surface area (Å²) in [5, 5.41) is 11.9. The fourth-order valence-corrected chi connectivity index (χ4v) is 4.46. The summed E-state index contributed by atoms with van der Waals surface area (Å²) >= 11 is 4.53. The van der Waals surface area contributed by atoms with Crippen molar-refractivity contribution in [3.63, 3.8) is 0 Å². The highest BCUT2D eigenvalue weighted by Gasteiger charge is 2.10. The minimum absolute atomic E-state index is 0.0473. The van der Waals surface area contributed by atoms with Gasteiger partial charge in [-0.15, -0.1) is 10.2 Å². The molecule has 4 nitrogen and oxygen atoms in total. The second-order valence-electron chi connectivity index (χ2n) is 4.84. The third-order valence-electron chi connectivity index (χ3n) is 2.97. The average molecular weight is 374 g/mol. The fourth-order valence-electron chi connectivity index (χ4n) is 1.92. The Hall–Kier alpha value is -1.83. The van der Waals surface area contributed by atoms with Gasteiger partial charge in [0.15, 0.2) is 4.34 Å². The highest BCUT2D eigenvalue weighted by molar-refractivity contribution is 8.01. The largest absolute Gasteiger partial charge is 0.324 e. The lowest BCUT2D eigenvalue weighted by atomic mass is 10.3. The Bertz CT molecular complexity index is 821. The van der Waals surface area contributed by atoms with E-state index in [1.165, 1.54) is 23.1 Å². The number of hydrogen-bond acceptors (Lipinski definition) is 6. The molecule has 0 aliphatic heterocycles. The van der Waals surface area contributed by atoms with Crippen LogP contribution < -0.4 is 5.32 Å². The second kappa shape index (κ2) is 8.32. The summed E-state index contributed by atoms with van der Waals surface area (Å²) in [5.41, 5.74) is 0.824. The van der Waals surface area contributed by atoms with Gasteiger partial charge in [-0.05, 0) is 31.2 Å². The van der Waals surface area contributed by atoms with Crippen LogP contribution >= 0.6 is 34.9 Å². The van der Waals surface area contributed by atoms with Crippen LogP contribution in [0.2, 0.25) is 0 Å². The Morgan fingerprint density at radius 1 is 1.08 bits per heavy atom. The first-order chi connectivity index (χ1) is 11.7. The van der Waals surface area contributed by atoms with Gasteiger partial charge in [0.05, 0.1) is 11.4 Å². The van der Waals surface area contributed by atoms with Crippen molar-refractivity contribution in [1.82, 2.24) is 10.2 Å². The number of nitrogens with zero attached hydrogens (tertiary/aromatic N) is 2. The molecule has 3 aromatic rings. The number of aromatic nitrogens is 2. The molecule has 1 amide bonds. The number of para-hydroxylation sites is 1. The summed E-state index contributed by atoms with van der Waals surface area (Å²) < 4.78 is 0.814. The number of carbonyl (C=O) groups is 1. The minimum atomic E-state index is -0.0473. The highest BCUT2D eigenvalue weighted by atomic mass is 32.2. The first kappa shape index (κ1) is 17.0. The number of hydrogen-bond donors (Lipinski definition) is 1. The van der Waals surface area contributed by atoms with Crippen molar-refractivity contribution in [2.75, 3.05) is 11.1 Å². The van der Waals surface area contributed by atoms with E-state index < -0.39 is 0 Å². The molecule has 0 aliphatic rings. The maximum atomic E-state index is 12.2. The Morgan fingerprint density at radius 3 is 2.58 bits per heavy atom. The van der Waals surface area contributed by atoms with Gasteiger partial charge in [0.25, 0.3) is 0 Å². The molecule has 0 bridgehead atoms. The van der Waals surface area contributed by atoms with Crippen molar-refractivity contribution in [2.24, 2.45) is 0 Å². The lowest BCUT2D eigenvalue weighted by molar-refractivity contribution is -0.113. The molecule has 24 heavy (non-hydrogen) atoms. The first-order valence-electron chi connectivity index (χ1n) is 7.25. The molecule has 7 heteroatoms. The van der Waals surface area contributed by atoms with Crippen LogP contribution in [0, 0.1) is 6.92 Å². The van der Waals surface area contributed by atoms with E-state index in [-0.39, 0.29) is 5.91 Å². The molecule has 3 rings (SSSR count). The molecule has 0 saturated heterocycles. The fraction of sp³-hybridized carbons (Fsp3) is 0.118. The molecule has 0 saturated carbocycles. The molecule has 0 unspecified atom stereocenters. The number of amides is 1. The van der Waals surface area contributed by atoms with Crippen molar-refractivity contribution in [3.8, 4) is 0 Å². The smallest absolute Gasteiger partial charge is 0.234 e. The van der Waals surface area contributed by atoms with Crippen molar-refractivity contribution in [2.45, 2.75) is 21.1 Å². The van der Waals surface area contributed by atoms with E-state index in [4.69, 9.17) is 0 Å². The van der Waals surface area contributed by atoms with Gasteiger partial charge in [-0.3, -0.25) is 4.79 Å². The summed E-state index contributed by atoms with van der Waals surface area (Å²) in [4.78, 5) is 14.4. The molecule has 0 atom stereocenters. The summed E-state index contributed by atoms with van der Waals surface area (Å²) in [6.07, 6.45) is 0. The quantitative estimate of drug-likeness (QED) is 0.633. The molecule has 1 heterocycles. The first-order valence-corrected chi connectivity index (χ1v) is 9.87. The maximum Gasteiger partial charge on any atom is 0.234 e. The van der Waals surface area contributed by atoms with Crippen LogP contribution in [0.3, 0.4) is 0 Å². The van der Waals surface area contributed by atoms with Gasteiger partial charge in [0, 0.05) is 9.79 Å². The molecular weight excluding hydrogens is 358 g/mol. The van der Waals surface area contributed by atoms with Crippen LogP contribution in [-0.2, 0) is 4.79 Å². The van der Waals surface area contributed by atoms with E-state index in [0.717, 1.165) is 24.8 Å². The number of carbonyl (C=O) groups excluding carboxylic acids is 1. The standard InChI is InChI=1S/C17H15N3OS3/c1-12-19-20-17(23-12)22-11-16(21)18-14-9-5-6-10-15(14)24-13-7-3-2-4-8-13/h2-10H,11H2,1H3,(H,18,21). The van der Waals surface area contributed by atoms with Gasteiger partial charge in [-0.25, -0.2) is 0 Å². The van der Waals surface area contributed by atoms with Gasteiger partial charge in [0.2, 0.25) is 5.91 Å². The summed E-state index contributed by atoms with van der Waals surface area (Å²) in [7, 11) is 0. The van der Waals surface area contributed by atoms with Gasteiger partial charge in [-0.1, -0.05) is 65.2 Å². The van der Waals surface area contributed by atoms with Crippen LogP contribution in [0.1, 0.15) is 5.01 Å². The van der Waals surface area contributed by atoms with Crippen molar-refractivity contribution >= 4 is 46.5 Å². The monoisotopic (exact) mass is 373 g/mol. The van der Waals surface area contributed by atoms with E-state index in [1.807, 2.05) is 49.4 Å². The van der Waals surface area contributed by atoms with Gasteiger partial charge in [-0.2, -0.15) is 0 Å². The van der Waals surface area contributed by atoms with Crippen LogP contribution in [0.5, 0.6) is 0 Å². The number of anilines is 1. The van der Waals surface area contributed by atoms with Crippen LogP contribution in [-0.4, -0.2) is 21.9 Å². The predicted octanol–water partition coefficient (Wildman–Crippen LogP) is 4.73. The summed E-state index contributed by atoms with van der Waals surface area (Å²) in [6, 6.07) is 17.9. The van der Waals surface area contributed by atoms with Crippen LogP contribution in [0.25, 0.3) is 0 Å². The van der Waals surface area contributed by atoms with Gasteiger partial charge < -0.3 is 5.32 Å². The molecule has 122 valence electrons. The third kappa shape index (κ3) is 4.83. The maximum absolute atomic E-state index is 12.2. The van der Waals surface area contributed by atoms with E-state index >= 15 is 0 Å². The number of rotatable bonds is 6. The zero-order valence-corrected chi connectivity index (χ0v) is 15.4. The third-order valence-corrected chi connectivity index (χ3v) is 6.02. The molecule has 0 aliphatic carbocycles. The van der Waals surface area contributed by atoms with Crippen molar-refractivity contribution < 1.29 is 4.79 Å². The molecule has 2 aromatic carbocycles. The Morgan fingerprint density at radius 2 is 1.83 bits per heavy atom.